The Morgan fingerprint density at radius 3 is 2.44 bits per heavy atom. The third-order valence-corrected chi connectivity index (χ3v) is 11.6. The molecule has 32 heavy (non-hydrogen) atoms. The molecule has 1 heterocycles. The molecule has 2 unspecified atom stereocenters. The highest BCUT2D eigenvalue weighted by molar-refractivity contribution is 7.09. The maximum atomic E-state index is 12.2. The number of nitrogens with zero attached hydrogens (tertiary/aromatic N) is 1. The standard InChI is InChI=1S/C24H46N2O4SSi/c1-10-12-13-14-15-29-26-19(18(3)4)16-21(30-32(8,9)24(5,6)7)22-25-20(17-31-22)23(27)28-11-2/h17-19,21,26H,10-16H2,1-9H3. The molecule has 6 nitrogen and oxygen atoms in total. The molecule has 1 rings (SSSR count). The minimum Gasteiger partial charge on any atom is -0.461 e. The van der Waals surface area contributed by atoms with Crippen molar-refractivity contribution < 1.29 is 18.8 Å². The second kappa shape index (κ2) is 13.8. The van der Waals surface area contributed by atoms with Crippen LogP contribution in [-0.4, -0.2) is 38.5 Å². The summed E-state index contributed by atoms with van der Waals surface area (Å²) in [6.07, 6.45) is 5.24. The molecule has 0 bridgehead atoms. The van der Waals surface area contributed by atoms with Gasteiger partial charge in [-0.25, -0.2) is 9.78 Å². The minimum absolute atomic E-state index is 0.0724. The maximum Gasteiger partial charge on any atom is 0.357 e. The molecule has 1 N–H and O–H groups in total. The number of carbonyl (C=O) groups excluding carboxylic acids is 1. The number of unbranched alkanes of at least 4 members (excludes halogenated alkanes) is 3. The average Bonchev–Trinajstić information content (AvgIpc) is 3.18. The van der Waals surface area contributed by atoms with Gasteiger partial charge in [-0.15, -0.1) is 11.3 Å². The molecule has 8 heteroatoms. The molecule has 1 aromatic rings. The van der Waals surface area contributed by atoms with E-state index >= 15 is 0 Å². The Morgan fingerprint density at radius 2 is 1.88 bits per heavy atom. The van der Waals surface area contributed by atoms with E-state index in [2.05, 4.69) is 65.1 Å². The van der Waals surface area contributed by atoms with Gasteiger partial charge in [-0.05, 0) is 43.8 Å². The first-order valence-corrected chi connectivity index (χ1v) is 15.9. The number of esters is 1. The van der Waals surface area contributed by atoms with Gasteiger partial charge in [0.25, 0.3) is 0 Å². The Labute approximate surface area is 200 Å². The molecule has 0 radical (unpaired) electrons. The van der Waals surface area contributed by atoms with Gasteiger partial charge in [0, 0.05) is 11.4 Å². The van der Waals surface area contributed by atoms with Crippen molar-refractivity contribution >= 4 is 25.6 Å². The quantitative estimate of drug-likeness (QED) is 0.126. The van der Waals surface area contributed by atoms with E-state index in [1.54, 1.807) is 12.3 Å². The van der Waals surface area contributed by atoms with Crippen LogP contribution in [0.4, 0.5) is 0 Å². The number of hydroxylamine groups is 1. The smallest absolute Gasteiger partial charge is 0.357 e. The van der Waals surface area contributed by atoms with Gasteiger partial charge in [-0.3, -0.25) is 0 Å². The van der Waals surface area contributed by atoms with Crippen LogP contribution in [0.5, 0.6) is 0 Å². The summed E-state index contributed by atoms with van der Waals surface area (Å²) in [5.41, 5.74) is 3.65. The summed E-state index contributed by atoms with van der Waals surface area (Å²) in [7, 11) is -2.06. The molecule has 0 aliphatic rings. The Hall–Kier alpha value is -0.803. The fourth-order valence-electron chi connectivity index (χ4n) is 2.92. The lowest BCUT2D eigenvalue weighted by Gasteiger charge is -2.40. The van der Waals surface area contributed by atoms with E-state index < -0.39 is 8.32 Å². The van der Waals surface area contributed by atoms with E-state index in [1.165, 1.54) is 30.6 Å². The highest BCUT2D eigenvalue weighted by atomic mass is 32.1. The van der Waals surface area contributed by atoms with Crippen LogP contribution in [-0.2, 0) is 14.0 Å². The summed E-state index contributed by atoms with van der Waals surface area (Å²) in [6.45, 7) is 20.6. The van der Waals surface area contributed by atoms with Gasteiger partial charge in [-0.2, -0.15) is 5.48 Å². The average molecular weight is 487 g/mol. The van der Waals surface area contributed by atoms with Crippen LogP contribution >= 0.6 is 11.3 Å². The van der Waals surface area contributed by atoms with Crippen LogP contribution in [0, 0.1) is 5.92 Å². The van der Waals surface area contributed by atoms with Gasteiger partial charge in [0.2, 0.25) is 0 Å². The third kappa shape index (κ3) is 9.59. The molecule has 0 aliphatic carbocycles. The molecule has 2 atom stereocenters. The van der Waals surface area contributed by atoms with E-state index in [9.17, 15) is 4.79 Å². The Kier molecular flexibility index (Phi) is 12.6. The predicted octanol–water partition coefficient (Wildman–Crippen LogP) is 6.90. The van der Waals surface area contributed by atoms with Crippen LogP contribution in [0.25, 0.3) is 0 Å². The summed E-state index contributed by atoms with van der Waals surface area (Å²) in [6, 6.07) is 0.117. The van der Waals surface area contributed by atoms with Crippen LogP contribution in [0.2, 0.25) is 18.1 Å². The molecule has 0 spiro atoms. The molecule has 0 saturated carbocycles. The van der Waals surface area contributed by atoms with Crippen molar-refractivity contribution in [2.24, 2.45) is 5.92 Å². The number of nitrogens with one attached hydrogen (secondary N) is 1. The van der Waals surface area contributed by atoms with Crippen molar-refractivity contribution in [1.29, 1.82) is 0 Å². The Morgan fingerprint density at radius 1 is 1.19 bits per heavy atom. The lowest BCUT2D eigenvalue weighted by atomic mass is 9.99. The molecule has 0 fully saturated rings. The van der Waals surface area contributed by atoms with E-state index in [4.69, 9.17) is 14.0 Å². The van der Waals surface area contributed by atoms with Crippen molar-refractivity contribution in [1.82, 2.24) is 10.5 Å². The number of rotatable bonds is 15. The van der Waals surface area contributed by atoms with E-state index in [1.807, 2.05) is 0 Å². The second-order valence-corrected chi connectivity index (χ2v) is 15.9. The zero-order valence-electron chi connectivity index (χ0n) is 21.7. The highest BCUT2D eigenvalue weighted by Gasteiger charge is 2.41. The largest absolute Gasteiger partial charge is 0.461 e. The Balaban J connectivity index is 2.99. The van der Waals surface area contributed by atoms with Gasteiger partial charge in [0.05, 0.1) is 19.3 Å². The topological polar surface area (TPSA) is 69.7 Å². The number of hydrogen-bond donors (Lipinski definition) is 1. The lowest BCUT2D eigenvalue weighted by molar-refractivity contribution is -0.0105. The van der Waals surface area contributed by atoms with Gasteiger partial charge >= 0.3 is 5.97 Å². The first-order chi connectivity index (χ1) is 14.9. The number of hydrogen-bond acceptors (Lipinski definition) is 7. The third-order valence-electron chi connectivity index (χ3n) is 6.13. The van der Waals surface area contributed by atoms with Crippen LogP contribution in [0.15, 0.2) is 5.38 Å². The monoisotopic (exact) mass is 486 g/mol. The van der Waals surface area contributed by atoms with Crippen LogP contribution in [0.3, 0.4) is 0 Å². The first kappa shape index (κ1) is 29.2. The summed E-state index contributed by atoms with van der Waals surface area (Å²) < 4.78 is 12.0. The molecular weight excluding hydrogens is 440 g/mol. The first-order valence-electron chi connectivity index (χ1n) is 12.1. The maximum absolute atomic E-state index is 12.2. The highest BCUT2D eigenvalue weighted by Crippen LogP contribution is 2.41. The molecule has 1 aromatic heterocycles. The van der Waals surface area contributed by atoms with Gasteiger partial charge in [-0.1, -0.05) is 60.8 Å². The van der Waals surface area contributed by atoms with Crippen molar-refractivity contribution in [3.05, 3.63) is 16.1 Å². The van der Waals surface area contributed by atoms with E-state index in [-0.39, 0.29) is 23.2 Å². The number of ether oxygens (including phenoxy) is 1. The molecule has 0 saturated heterocycles. The fourth-order valence-corrected chi connectivity index (χ4v) is 5.11. The fraction of sp³-hybridized carbons (Fsp3) is 0.833. The zero-order valence-corrected chi connectivity index (χ0v) is 23.6. The van der Waals surface area contributed by atoms with Crippen LogP contribution in [0.1, 0.15) is 102 Å². The van der Waals surface area contributed by atoms with Gasteiger partial charge in [0.15, 0.2) is 14.0 Å². The van der Waals surface area contributed by atoms with Gasteiger partial charge < -0.3 is 14.0 Å². The molecular formula is C24H46N2O4SSi. The van der Waals surface area contributed by atoms with Crippen molar-refractivity contribution in [3.63, 3.8) is 0 Å². The van der Waals surface area contributed by atoms with E-state index in [0.29, 0.717) is 24.8 Å². The summed E-state index contributed by atoms with van der Waals surface area (Å²) in [5.74, 6) is -0.0179. The van der Waals surface area contributed by atoms with Crippen LogP contribution < -0.4 is 5.48 Å². The SMILES string of the molecule is CCCCCCONC(CC(O[Si](C)(C)C(C)(C)C)c1nc(C(=O)OCC)cs1)C(C)C. The number of aromatic nitrogens is 1. The second-order valence-electron chi connectivity index (χ2n) is 10.3. The number of carbonyl (C=O) groups is 1. The zero-order chi connectivity index (χ0) is 24.4. The van der Waals surface area contributed by atoms with Crippen molar-refractivity contribution in [2.75, 3.05) is 13.2 Å². The molecule has 0 aliphatic heterocycles. The summed E-state index contributed by atoms with van der Waals surface area (Å²) >= 11 is 1.47. The number of thiazole rings is 1. The predicted molar refractivity (Wildman–Crippen MR) is 136 cm³/mol. The Bertz CT molecular complexity index is 673. The van der Waals surface area contributed by atoms with E-state index in [0.717, 1.165) is 17.8 Å². The van der Waals surface area contributed by atoms with Gasteiger partial charge in [0.1, 0.15) is 5.01 Å². The minimum atomic E-state index is -2.06. The normalized spacial score (nSPS) is 14.6. The molecule has 186 valence electrons. The summed E-state index contributed by atoms with van der Waals surface area (Å²) in [5, 5.41) is 2.67. The summed E-state index contributed by atoms with van der Waals surface area (Å²) in [4.78, 5) is 22.6. The van der Waals surface area contributed by atoms with Crippen molar-refractivity contribution in [3.8, 4) is 0 Å². The molecule has 0 aromatic carbocycles. The molecule has 0 amide bonds. The van der Waals surface area contributed by atoms with Crippen molar-refractivity contribution in [2.45, 2.75) is 111 Å². The lowest BCUT2D eigenvalue weighted by Crippen LogP contribution is -2.44.